The van der Waals surface area contributed by atoms with Gasteiger partial charge in [-0.25, -0.2) is 0 Å². The second-order valence-corrected chi connectivity index (χ2v) is 4.61. The Morgan fingerprint density at radius 3 is 2.58 bits per heavy atom. The van der Waals surface area contributed by atoms with E-state index in [1.165, 1.54) is 5.56 Å². The molecule has 1 atom stereocenters. The predicted molar refractivity (Wildman–Crippen MR) is 79.8 cm³/mol. The number of ether oxygens (including phenoxy) is 2. The molecule has 1 unspecified atom stereocenters. The molecular weight excluding hydrogens is 238 g/mol. The molecule has 0 bridgehead atoms. The highest BCUT2D eigenvalue weighted by molar-refractivity contribution is 5.30. The largest absolute Gasteiger partial charge is 0.494 e. The Labute approximate surface area is 117 Å². The van der Waals surface area contributed by atoms with E-state index in [0.717, 1.165) is 38.3 Å². The summed E-state index contributed by atoms with van der Waals surface area (Å²) < 4.78 is 11.4. The Morgan fingerprint density at radius 2 is 1.89 bits per heavy atom. The van der Waals surface area contributed by atoms with Gasteiger partial charge in [-0.05, 0) is 37.1 Å². The molecule has 0 heterocycles. The monoisotopic (exact) mass is 265 g/mol. The Hall–Kier alpha value is -1.06. The van der Waals surface area contributed by atoms with Crippen LogP contribution in [0.15, 0.2) is 24.3 Å². The first-order valence-corrected chi connectivity index (χ1v) is 7.35. The first-order chi connectivity index (χ1) is 9.31. The molecule has 0 aliphatic rings. The summed E-state index contributed by atoms with van der Waals surface area (Å²) in [6, 6.07) is 8.53. The van der Waals surface area contributed by atoms with Gasteiger partial charge in [0.2, 0.25) is 0 Å². The first kappa shape index (κ1) is 16.0. The van der Waals surface area contributed by atoms with E-state index in [2.05, 4.69) is 38.2 Å². The van der Waals surface area contributed by atoms with Gasteiger partial charge in [0.25, 0.3) is 0 Å². The molecule has 1 aromatic rings. The van der Waals surface area contributed by atoms with Gasteiger partial charge in [0.15, 0.2) is 0 Å². The van der Waals surface area contributed by atoms with Crippen LogP contribution in [0, 0.1) is 0 Å². The van der Waals surface area contributed by atoms with E-state index in [0.29, 0.717) is 6.61 Å². The third-order valence-electron chi connectivity index (χ3n) is 2.82. The molecule has 0 radical (unpaired) electrons. The minimum atomic E-state index is 0.238. The maximum atomic E-state index is 5.68. The van der Waals surface area contributed by atoms with E-state index in [4.69, 9.17) is 9.47 Å². The molecule has 0 saturated carbocycles. The van der Waals surface area contributed by atoms with Crippen molar-refractivity contribution in [3.8, 4) is 5.75 Å². The third-order valence-corrected chi connectivity index (χ3v) is 2.82. The molecule has 0 aliphatic heterocycles. The normalized spacial score (nSPS) is 12.4. The van der Waals surface area contributed by atoms with Crippen LogP contribution >= 0.6 is 0 Å². The molecule has 3 heteroatoms. The van der Waals surface area contributed by atoms with E-state index in [-0.39, 0.29) is 6.04 Å². The van der Waals surface area contributed by atoms with Gasteiger partial charge in [-0.15, -0.1) is 0 Å². The number of hydrogen-bond acceptors (Lipinski definition) is 3. The van der Waals surface area contributed by atoms with Crippen molar-refractivity contribution in [3.63, 3.8) is 0 Å². The summed E-state index contributed by atoms with van der Waals surface area (Å²) in [5.41, 5.74) is 1.23. The van der Waals surface area contributed by atoms with Crippen LogP contribution in [0.3, 0.4) is 0 Å². The van der Waals surface area contributed by atoms with Gasteiger partial charge in [0, 0.05) is 6.61 Å². The van der Waals surface area contributed by atoms with Gasteiger partial charge in [-0.2, -0.15) is 0 Å². The number of rotatable bonds is 10. The molecule has 0 aromatic heterocycles. The maximum Gasteiger partial charge on any atom is 0.119 e. The highest BCUT2D eigenvalue weighted by Gasteiger charge is 2.11. The van der Waals surface area contributed by atoms with Gasteiger partial charge < -0.3 is 14.8 Å². The van der Waals surface area contributed by atoms with Crippen molar-refractivity contribution in [1.29, 1.82) is 0 Å². The molecule has 0 aliphatic carbocycles. The standard InChI is InChI=1S/C16H27NO2/c1-4-10-18-13-16(17-6-3)14-8-7-9-15(12-14)19-11-5-2/h7-9,12,16-17H,4-6,10-11,13H2,1-3H3. The van der Waals surface area contributed by atoms with Gasteiger partial charge >= 0.3 is 0 Å². The summed E-state index contributed by atoms with van der Waals surface area (Å²) in [6.07, 6.45) is 2.08. The van der Waals surface area contributed by atoms with E-state index < -0.39 is 0 Å². The molecule has 108 valence electrons. The van der Waals surface area contributed by atoms with Crippen LogP contribution < -0.4 is 10.1 Å². The Balaban J connectivity index is 2.65. The Morgan fingerprint density at radius 1 is 1.11 bits per heavy atom. The van der Waals surface area contributed by atoms with Crippen molar-refractivity contribution in [2.45, 2.75) is 39.7 Å². The van der Waals surface area contributed by atoms with E-state index in [1.807, 2.05) is 12.1 Å². The average molecular weight is 265 g/mol. The first-order valence-electron chi connectivity index (χ1n) is 7.35. The fourth-order valence-electron chi connectivity index (χ4n) is 1.91. The number of likely N-dealkylation sites (N-methyl/N-ethyl adjacent to an activating group) is 1. The van der Waals surface area contributed by atoms with Crippen LogP contribution in [0.5, 0.6) is 5.75 Å². The number of hydrogen-bond donors (Lipinski definition) is 1. The molecule has 1 rings (SSSR count). The zero-order valence-corrected chi connectivity index (χ0v) is 12.4. The molecule has 1 N–H and O–H groups in total. The highest BCUT2D eigenvalue weighted by atomic mass is 16.5. The van der Waals surface area contributed by atoms with Crippen LogP contribution in [-0.4, -0.2) is 26.4 Å². The summed E-state index contributed by atoms with van der Waals surface area (Å²) in [4.78, 5) is 0. The van der Waals surface area contributed by atoms with Crippen molar-refractivity contribution in [1.82, 2.24) is 5.32 Å². The van der Waals surface area contributed by atoms with Crippen LogP contribution in [0.25, 0.3) is 0 Å². The van der Waals surface area contributed by atoms with Crippen molar-refractivity contribution >= 4 is 0 Å². The number of benzene rings is 1. The van der Waals surface area contributed by atoms with Crippen LogP contribution in [0.2, 0.25) is 0 Å². The topological polar surface area (TPSA) is 30.5 Å². The Bertz CT molecular complexity index is 341. The zero-order chi connectivity index (χ0) is 13.9. The SMILES string of the molecule is CCCOCC(NCC)c1cccc(OCCC)c1. The van der Waals surface area contributed by atoms with Crippen LogP contribution in [0.4, 0.5) is 0 Å². The second kappa shape index (κ2) is 9.82. The maximum absolute atomic E-state index is 5.68. The van der Waals surface area contributed by atoms with Crippen molar-refractivity contribution in [3.05, 3.63) is 29.8 Å². The van der Waals surface area contributed by atoms with Crippen molar-refractivity contribution < 1.29 is 9.47 Å². The molecule has 0 saturated heterocycles. The van der Waals surface area contributed by atoms with E-state index >= 15 is 0 Å². The van der Waals surface area contributed by atoms with Crippen molar-refractivity contribution in [2.24, 2.45) is 0 Å². The lowest BCUT2D eigenvalue weighted by molar-refractivity contribution is 0.112. The fourth-order valence-corrected chi connectivity index (χ4v) is 1.91. The molecule has 0 spiro atoms. The average Bonchev–Trinajstić information content (AvgIpc) is 2.45. The number of nitrogens with one attached hydrogen (secondary N) is 1. The minimum Gasteiger partial charge on any atom is -0.494 e. The smallest absolute Gasteiger partial charge is 0.119 e. The van der Waals surface area contributed by atoms with Crippen LogP contribution in [0.1, 0.15) is 45.2 Å². The Kier molecular flexibility index (Phi) is 8.26. The lowest BCUT2D eigenvalue weighted by atomic mass is 10.1. The summed E-state index contributed by atoms with van der Waals surface area (Å²) in [6.45, 7) is 9.57. The lowest BCUT2D eigenvalue weighted by Crippen LogP contribution is -2.25. The second-order valence-electron chi connectivity index (χ2n) is 4.61. The lowest BCUT2D eigenvalue weighted by Gasteiger charge is -2.19. The summed E-state index contributed by atoms with van der Waals surface area (Å²) in [5, 5.41) is 3.46. The molecule has 19 heavy (non-hydrogen) atoms. The summed E-state index contributed by atoms with van der Waals surface area (Å²) >= 11 is 0. The molecular formula is C16H27NO2. The van der Waals surface area contributed by atoms with Crippen molar-refractivity contribution in [2.75, 3.05) is 26.4 Å². The van der Waals surface area contributed by atoms with E-state index in [9.17, 15) is 0 Å². The quantitative estimate of drug-likeness (QED) is 0.656. The summed E-state index contributed by atoms with van der Waals surface area (Å²) in [7, 11) is 0. The molecule has 0 fully saturated rings. The predicted octanol–water partition coefficient (Wildman–Crippen LogP) is 3.55. The van der Waals surface area contributed by atoms with Gasteiger partial charge in [-0.3, -0.25) is 0 Å². The minimum absolute atomic E-state index is 0.238. The van der Waals surface area contributed by atoms with Gasteiger partial charge in [-0.1, -0.05) is 32.9 Å². The molecule has 0 amide bonds. The molecule has 1 aromatic carbocycles. The zero-order valence-electron chi connectivity index (χ0n) is 12.4. The molecule has 3 nitrogen and oxygen atoms in total. The fraction of sp³-hybridized carbons (Fsp3) is 0.625. The summed E-state index contributed by atoms with van der Waals surface area (Å²) in [5.74, 6) is 0.942. The van der Waals surface area contributed by atoms with Gasteiger partial charge in [0.1, 0.15) is 5.75 Å². The third kappa shape index (κ3) is 6.08. The van der Waals surface area contributed by atoms with Gasteiger partial charge in [0.05, 0.1) is 19.3 Å². The van der Waals surface area contributed by atoms with E-state index in [1.54, 1.807) is 0 Å². The van der Waals surface area contributed by atoms with Crippen LogP contribution in [-0.2, 0) is 4.74 Å². The highest BCUT2D eigenvalue weighted by Crippen LogP contribution is 2.20.